The Bertz CT molecular complexity index is 694. The normalized spacial score (nSPS) is 17.9. The Hall–Kier alpha value is -2.55. The van der Waals surface area contributed by atoms with Crippen LogP contribution in [-0.2, 0) is 11.3 Å². The van der Waals surface area contributed by atoms with E-state index in [1.807, 2.05) is 48.5 Å². The number of nitrogens with zero attached hydrogens (tertiary/aromatic N) is 1. The first kappa shape index (κ1) is 16.3. The SMILES string of the molecule is CCC/C=C(/c1ccccc1)[C@H]1CN(Cc2ccccc2)C(=O)O1. The fraction of sp³-hybridized carbons (Fsp3) is 0.286. The van der Waals surface area contributed by atoms with Gasteiger partial charge in [-0.15, -0.1) is 0 Å². The van der Waals surface area contributed by atoms with Crippen molar-refractivity contribution in [2.45, 2.75) is 32.4 Å². The van der Waals surface area contributed by atoms with Gasteiger partial charge in [-0.05, 0) is 23.1 Å². The number of ether oxygens (including phenoxy) is 1. The minimum Gasteiger partial charge on any atom is -0.439 e. The third-order valence-corrected chi connectivity index (χ3v) is 4.21. The van der Waals surface area contributed by atoms with Gasteiger partial charge in [-0.2, -0.15) is 0 Å². The minimum atomic E-state index is -0.234. The summed E-state index contributed by atoms with van der Waals surface area (Å²) in [5.41, 5.74) is 3.36. The topological polar surface area (TPSA) is 29.5 Å². The molecule has 0 radical (unpaired) electrons. The smallest absolute Gasteiger partial charge is 0.410 e. The Balaban J connectivity index is 1.77. The van der Waals surface area contributed by atoms with Gasteiger partial charge in [-0.3, -0.25) is 4.90 Å². The van der Waals surface area contributed by atoms with Gasteiger partial charge in [0.15, 0.2) is 0 Å². The van der Waals surface area contributed by atoms with Gasteiger partial charge in [0.25, 0.3) is 0 Å². The summed E-state index contributed by atoms with van der Waals surface area (Å²) in [6.07, 6.45) is 3.83. The third kappa shape index (κ3) is 3.85. The summed E-state index contributed by atoms with van der Waals surface area (Å²) >= 11 is 0. The van der Waals surface area contributed by atoms with Crippen LogP contribution in [0.2, 0.25) is 0 Å². The van der Waals surface area contributed by atoms with Crippen molar-refractivity contribution in [3.8, 4) is 0 Å². The van der Waals surface area contributed by atoms with Gasteiger partial charge in [0.1, 0.15) is 6.10 Å². The summed E-state index contributed by atoms with van der Waals surface area (Å²) < 4.78 is 5.68. The van der Waals surface area contributed by atoms with Crippen molar-refractivity contribution >= 4 is 11.7 Å². The zero-order chi connectivity index (χ0) is 16.8. The van der Waals surface area contributed by atoms with Crippen molar-refractivity contribution in [2.24, 2.45) is 0 Å². The molecule has 0 bridgehead atoms. The summed E-state index contributed by atoms with van der Waals surface area (Å²) in [4.78, 5) is 14.1. The quantitative estimate of drug-likeness (QED) is 0.758. The lowest BCUT2D eigenvalue weighted by Crippen LogP contribution is -2.24. The van der Waals surface area contributed by atoms with Crippen molar-refractivity contribution < 1.29 is 9.53 Å². The number of unbranched alkanes of at least 4 members (excludes halogenated alkanes) is 1. The second-order valence-electron chi connectivity index (χ2n) is 6.05. The van der Waals surface area contributed by atoms with E-state index in [0.29, 0.717) is 13.1 Å². The highest BCUT2D eigenvalue weighted by Gasteiger charge is 2.33. The van der Waals surface area contributed by atoms with Gasteiger partial charge in [0, 0.05) is 6.54 Å². The molecular formula is C21H23NO2. The van der Waals surface area contributed by atoms with E-state index < -0.39 is 0 Å². The Morgan fingerprint density at radius 3 is 2.46 bits per heavy atom. The molecule has 24 heavy (non-hydrogen) atoms. The van der Waals surface area contributed by atoms with Crippen molar-refractivity contribution in [1.29, 1.82) is 0 Å². The summed E-state index contributed by atoms with van der Waals surface area (Å²) in [5.74, 6) is 0. The minimum absolute atomic E-state index is 0.199. The van der Waals surface area contributed by atoms with Crippen LogP contribution < -0.4 is 0 Å². The highest BCUT2D eigenvalue weighted by Crippen LogP contribution is 2.28. The predicted octanol–water partition coefficient (Wildman–Crippen LogP) is 4.89. The van der Waals surface area contributed by atoms with Crippen molar-refractivity contribution in [2.75, 3.05) is 6.54 Å². The van der Waals surface area contributed by atoms with Crippen LogP contribution in [-0.4, -0.2) is 23.6 Å². The lowest BCUT2D eigenvalue weighted by molar-refractivity contribution is 0.146. The molecule has 1 heterocycles. The van der Waals surface area contributed by atoms with E-state index in [2.05, 4.69) is 25.1 Å². The Labute approximate surface area is 143 Å². The van der Waals surface area contributed by atoms with E-state index in [4.69, 9.17) is 4.74 Å². The van der Waals surface area contributed by atoms with Gasteiger partial charge < -0.3 is 4.74 Å². The van der Waals surface area contributed by atoms with Crippen LogP contribution in [0, 0.1) is 0 Å². The van der Waals surface area contributed by atoms with Crippen LogP contribution in [0.4, 0.5) is 4.79 Å². The van der Waals surface area contributed by atoms with Gasteiger partial charge in [-0.1, -0.05) is 80.1 Å². The summed E-state index contributed by atoms with van der Waals surface area (Å²) in [7, 11) is 0. The molecule has 2 aromatic carbocycles. The number of carbonyl (C=O) groups is 1. The van der Waals surface area contributed by atoms with E-state index in [1.165, 1.54) is 0 Å². The lowest BCUT2D eigenvalue weighted by atomic mass is 9.98. The average Bonchev–Trinajstić information content (AvgIpc) is 2.97. The molecule has 1 fully saturated rings. The number of cyclic esters (lactones) is 1. The molecule has 3 nitrogen and oxygen atoms in total. The molecule has 0 aliphatic carbocycles. The Morgan fingerprint density at radius 1 is 1.12 bits per heavy atom. The number of hydrogen-bond donors (Lipinski definition) is 0. The number of amides is 1. The number of allylic oxidation sites excluding steroid dienone is 1. The number of carbonyl (C=O) groups excluding carboxylic acids is 1. The summed E-state index contributed by atoms with van der Waals surface area (Å²) in [6, 6.07) is 20.2. The first-order chi connectivity index (χ1) is 11.8. The van der Waals surface area contributed by atoms with E-state index in [9.17, 15) is 4.79 Å². The van der Waals surface area contributed by atoms with Crippen LogP contribution in [0.25, 0.3) is 5.57 Å². The second kappa shape index (κ2) is 7.82. The molecule has 0 saturated carbocycles. The Morgan fingerprint density at radius 2 is 1.79 bits per heavy atom. The average molecular weight is 321 g/mol. The summed E-state index contributed by atoms with van der Waals surface area (Å²) in [5, 5.41) is 0. The fourth-order valence-corrected chi connectivity index (χ4v) is 2.97. The molecule has 2 aromatic rings. The Kier molecular flexibility index (Phi) is 5.32. The van der Waals surface area contributed by atoms with Crippen LogP contribution >= 0.6 is 0 Å². The highest BCUT2D eigenvalue weighted by atomic mass is 16.6. The van der Waals surface area contributed by atoms with Crippen molar-refractivity contribution in [1.82, 2.24) is 4.90 Å². The van der Waals surface area contributed by atoms with Crippen LogP contribution in [0.3, 0.4) is 0 Å². The molecule has 0 unspecified atom stereocenters. The van der Waals surface area contributed by atoms with Crippen molar-refractivity contribution in [3.05, 3.63) is 77.9 Å². The van der Waals surface area contributed by atoms with Crippen molar-refractivity contribution in [3.63, 3.8) is 0 Å². The van der Waals surface area contributed by atoms with Crippen LogP contribution in [0.5, 0.6) is 0 Å². The molecule has 1 aliphatic rings. The maximum absolute atomic E-state index is 12.3. The standard InChI is InChI=1S/C21H23NO2/c1-2-3-14-19(18-12-8-5-9-13-18)20-16-22(21(23)24-20)15-17-10-6-4-7-11-17/h4-14,20H,2-3,15-16H2,1H3/b19-14-/t20-/m1/s1. The molecule has 124 valence electrons. The number of hydrogen-bond acceptors (Lipinski definition) is 2. The van der Waals surface area contributed by atoms with E-state index in [1.54, 1.807) is 4.90 Å². The van der Waals surface area contributed by atoms with E-state index >= 15 is 0 Å². The first-order valence-corrected chi connectivity index (χ1v) is 8.53. The number of benzene rings is 2. The molecule has 1 saturated heterocycles. The molecule has 0 spiro atoms. The fourth-order valence-electron chi connectivity index (χ4n) is 2.97. The van der Waals surface area contributed by atoms with Gasteiger partial charge in [0.05, 0.1) is 6.54 Å². The monoisotopic (exact) mass is 321 g/mol. The highest BCUT2D eigenvalue weighted by molar-refractivity contribution is 5.77. The third-order valence-electron chi connectivity index (χ3n) is 4.21. The zero-order valence-electron chi connectivity index (χ0n) is 14.0. The number of rotatable bonds is 6. The maximum Gasteiger partial charge on any atom is 0.410 e. The molecular weight excluding hydrogens is 298 g/mol. The molecule has 1 atom stereocenters. The molecule has 0 aromatic heterocycles. The van der Waals surface area contributed by atoms with Crippen LogP contribution in [0.1, 0.15) is 30.9 Å². The molecule has 0 N–H and O–H groups in total. The van der Waals surface area contributed by atoms with Gasteiger partial charge in [0.2, 0.25) is 0 Å². The molecule has 3 heteroatoms. The second-order valence-corrected chi connectivity index (χ2v) is 6.05. The van der Waals surface area contributed by atoms with Crippen LogP contribution in [0.15, 0.2) is 66.7 Å². The van der Waals surface area contributed by atoms with Gasteiger partial charge >= 0.3 is 6.09 Å². The molecule has 1 aliphatic heterocycles. The molecule has 3 rings (SSSR count). The largest absolute Gasteiger partial charge is 0.439 e. The molecule has 1 amide bonds. The first-order valence-electron chi connectivity index (χ1n) is 8.53. The zero-order valence-corrected chi connectivity index (χ0v) is 14.0. The van der Waals surface area contributed by atoms with E-state index in [-0.39, 0.29) is 12.2 Å². The van der Waals surface area contributed by atoms with E-state index in [0.717, 1.165) is 29.5 Å². The maximum atomic E-state index is 12.3. The lowest BCUT2D eigenvalue weighted by Gasteiger charge is -2.15. The van der Waals surface area contributed by atoms with Gasteiger partial charge in [-0.25, -0.2) is 4.79 Å². The summed E-state index contributed by atoms with van der Waals surface area (Å²) in [6.45, 7) is 3.34. The predicted molar refractivity (Wildman–Crippen MR) is 96.4 cm³/mol.